The molecule has 0 aliphatic carbocycles. The molecule has 3 heterocycles. The fourth-order valence-electron chi connectivity index (χ4n) is 4.43. The first-order valence-electron chi connectivity index (χ1n) is 10.6. The van der Waals surface area contributed by atoms with Gasteiger partial charge in [0.15, 0.2) is 5.43 Å². The second kappa shape index (κ2) is 8.69. The summed E-state index contributed by atoms with van der Waals surface area (Å²) in [5, 5.41) is 0.458. The van der Waals surface area contributed by atoms with Gasteiger partial charge in [0.2, 0.25) is 5.76 Å². The van der Waals surface area contributed by atoms with Crippen LogP contribution in [0.3, 0.4) is 0 Å². The average molecular weight is 499 g/mol. The fourth-order valence-corrected chi connectivity index (χ4v) is 4.79. The number of hydrogen-bond donors (Lipinski definition) is 0. The number of benzene rings is 2. The molecule has 2 aromatic carbocycles. The van der Waals surface area contributed by atoms with Crippen LogP contribution in [0.4, 0.5) is 0 Å². The van der Waals surface area contributed by atoms with Crippen LogP contribution in [0.15, 0.2) is 56.1 Å². The van der Waals surface area contributed by atoms with Gasteiger partial charge in [0.1, 0.15) is 11.3 Å². The number of methoxy groups -OCH3 is 1. The zero-order valence-electron chi connectivity index (χ0n) is 17.7. The maximum atomic E-state index is 13.6. The van der Waals surface area contributed by atoms with Gasteiger partial charge in [-0.15, -0.1) is 0 Å². The minimum Gasteiger partial charge on any atom is -0.497 e. The molecule has 1 fully saturated rings. The molecule has 0 saturated carbocycles. The van der Waals surface area contributed by atoms with Gasteiger partial charge in [0.25, 0.3) is 5.91 Å². The third kappa shape index (κ3) is 3.72. The summed E-state index contributed by atoms with van der Waals surface area (Å²) in [7, 11) is 1.61. The van der Waals surface area contributed by atoms with E-state index in [-0.39, 0.29) is 17.1 Å². The van der Waals surface area contributed by atoms with Crippen LogP contribution in [0.2, 0.25) is 0 Å². The first-order chi connectivity index (χ1) is 15.6. The fraction of sp³-hybridized carbons (Fsp3) is 0.333. The summed E-state index contributed by atoms with van der Waals surface area (Å²) in [5.74, 6) is 0.594. The number of carbonyl (C=O) groups is 1. The van der Waals surface area contributed by atoms with Crippen LogP contribution < -0.4 is 10.2 Å². The van der Waals surface area contributed by atoms with Crippen molar-refractivity contribution >= 4 is 32.8 Å². The lowest BCUT2D eigenvalue weighted by Crippen LogP contribution is -2.42. The van der Waals surface area contributed by atoms with Gasteiger partial charge in [0, 0.05) is 30.7 Å². The van der Waals surface area contributed by atoms with Gasteiger partial charge in [-0.1, -0.05) is 28.1 Å². The van der Waals surface area contributed by atoms with E-state index in [1.54, 1.807) is 30.2 Å². The maximum absolute atomic E-state index is 13.6. The zero-order chi connectivity index (χ0) is 22.2. The molecule has 0 spiro atoms. The predicted molar refractivity (Wildman–Crippen MR) is 123 cm³/mol. The third-order valence-electron chi connectivity index (χ3n) is 6.12. The van der Waals surface area contributed by atoms with Crippen molar-refractivity contribution in [1.29, 1.82) is 0 Å². The SMILES string of the molecule is COc1ccc(C2c3c(oc4ccc(Br)cc4c3=O)C(=O)N2CCN2CCOCC2)cc1. The smallest absolute Gasteiger partial charge is 0.290 e. The molecule has 166 valence electrons. The van der Waals surface area contributed by atoms with Gasteiger partial charge < -0.3 is 18.8 Å². The molecular weight excluding hydrogens is 476 g/mol. The summed E-state index contributed by atoms with van der Waals surface area (Å²) in [6.45, 7) is 4.23. The molecule has 0 N–H and O–H groups in total. The summed E-state index contributed by atoms with van der Waals surface area (Å²) in [6, 6.07) is 12.2. The Morgan fingerprint density at radius 2 is 1.81 bits per heavy atom. The summed E-state index contributed by atoms with van der Waals surface area (Å²) >= 11 is 3.43. The van der Waals surface area contributed by atoms with Crippen molar-refractivity contribution in [2.24, 2.45) is 0 Å². The van der Waals surface area contributed by atoms with E-state index < -0.39 is 6.04 Å². The van der Waals surface area contributed by atoms with E-state index >= 15 is 0 Å². The third-order valence-corrected chi connectivity index (χ3v) is 6.61. The standard InChI is InChI=1S/C24H23BrN2O5/c1-30-17-5-2-15(3-6-17)21-20-22(28)18-14-16(25)4-7-19(18)32-23(20)24(29)27(21)9-8-26-10-12-31-13-11-26/h2-7,14,21H,8-13H2,1H3. The Kier molecular flexibility index (Phi) is 5.75. The van der Waals surface area contributed by atoms with Crippen LogP contribution in [0, 0.1) is 0 Å². The lowest BCUT2D eigenvalue weighted by atomic mass is 9.98. The first-order valence-corrected chi connectivity index (χ1v) is 11.4. The van der Waals surface area contributed by atoms with E-state index in [1.807, 2.05) is 24.3 Å². The van der Waals surface area contributed by atoms with Crippen molar-refractivity contribution in [2.75, 3.05) is 46.5 Å². The maximum Gasteiger partial charge on any atom is 0.290 e. The Morgan fingerprint density at radius 1 is 1.06 bits per heavy atom. The number of ether oxygens (including phenoxy) is 2. The van der Waals surface area contributed by atoms with Crippen LogP contribution in [0.5, 0.6) is 5.75 Å². The van der Waals surface area contributed by atoms with Crippen LogP contribution in [-0.2, 0) is 4.74 Å². The molecule has 0 bridgehead atoms. The van der Waals surface area contributed by atoms with Gasteiger partial charge in [-0.25, -0.2) is 0 Å². The molecule has 3 aromatic rings. The minimum atomic E-state index is -0.510. The highest BCUT2D eigenvalue weighted by molar-refractivity contribution is 9.10. The van der Waals surface area contributed by atoms with E-state index in [9.17, 15) is 9.59 Å². The van der Waals surface area contributed by atoms with Crippen LogP contribution in [-0.4, -0.2) is 62.2 Å². The summed E-state index contributed by atoms with van der Waals surface area (Å²) in [5.41, 5.74) is 1.48. The summed E-state index contributed by atoms with van der Waals surface area (Å²) in [6.07, 6.45) is 0. The molecular formula is C24H23BrN2O5. The van der Waals surface area contributed by atoms with Gasteiger partial charge in [-0.05, 0) is 35.9 Å². The van der Waals surface area contributed by atoms with Crippen molar-refractivity contribution in [1.82, 2.24) is 9.80 Å². The highest BCUT2D eigenvalue weighted by Crippen LogP contribution is 2.38. The summed E-state index contributed by atoms with van der Waals surface area (Å²) in [4.78, 5) is 31.0. The highest BCUT2D eigenvalue weighted by Gasteiger charge is 2.42. The quantitative estimate of drug-likeness (QED) is 0.536. The highest BCUT2D eigenvalue weighted by atomic mass is 79.9. The minimum absolute atomic E-state index is 0.132. The van der Waals surface area contributed by atoms with Gasteiger partial charge in [0.05, 0.1) is 37.3 Å². The van der Waals surface area contributed by atoms with Crippen molar-refractivity contribution < 1.29 is 18.7 Å². The number of amides is 1. The first kappa shape index (κ1) is 21.2. The van der Waals surface area contributed by atoms with E-state index in [0.717, 1.165) is 23.1 Å². The molecule has 8 heteroatoms. The van der Waals surface area contributed by atoms with Crippen LogP contribution in [0.25, 0.3) is 11.0 Å². The van der Waals surface area contributed by atoms with Crippen LogP contribution in [0.1, 0.15) is 27.7 Å². The van der Waals surface area contributed by atoms with Crippen molar-refractivity contribution in [3.8, 4) is 5.75 Å². The van der Waals surface area contributed by atoms with Crippen molar-refractivity contribution in [3.05, 3.63) is 74.0 Å². The van der Waals surface area contributed by atoms with Gasteiger partial charge >= 0.3 is 0 Å². The lowest BCUT2D eigenvalue weighted by Gasteiger charge is -2.31. The largest absolute Gasteiger partial charge is 0.497 e. The lowest BCUT2D eigenvalue weighted by molar-refractivity contribution is 0.0314. The Hall–Kier alpha value is -2.68. The predicted octanol–water partition coefficient (Wildman–Crippen LogP) is 3.44. The molecule has 1 amide bonds. The molecule has 1 aromatic heterocycles. The molecule has 1 atom stereocenters. The Balaban J connectivity index is 1.60. The molecule has 5 rings (SSSR count). The van der Waals surface area contributed by atoms with Crippen molar-refractivity contribution in [3.63, 3.8) is 0 Å². The van der Waals surface area contributed by atoms with Crippen LogP contribution >= 0.6 is 15.9 Å². The monoisotopic (exact) mass is 498 g/mol. The molecule has 1 saturated heterocycles. The number of hydrogen-bond acceptors (Lipinski definition) is 6. The van der Waals surface area contributed by atoms with Gasteiger partial charge in [-0.2, -0.15) is 0 Å². The van der Waals surface area contributed by atoms with E-state index in [0.29, 0.717) is 48.6 Å². The number of carbonyl (C=O) groups excluding carboxylic acids is 1. The van der Waals surface area contributed by atoms with Crippen molar-refractivity contribution in [2.45, 2.75) is 6.04 Å². The second-order valence-electron chi connectivity index (χ2n) is 7.94. The molecule has 32 heavy (non-hydrogen) atoms. The molecule has 1 unspecified atom stereocenters. The van der Waals surface area contributed by atoms with Gasteiger partial charge in [-0.3, -0.25) is 14.5 Å². The van der Waals surface area contributed by atoms with E-state index in [2.05, 4.69) is 20.8 Å². The molecule has 0 radical (unpaired) electrons. The zero-order valence-corrected chi connectivity index (χ0v) is 19.3. The Labute approximate surface area is 193 Å². The summed E-state index contributed by atoms with van der Waals surface area (Å²) < 4.78 is 17.5. The molecule has 2 aliphatic heterocycles. The average Bonchev–Trinajstić information content (AvgIpc) is 3.10. The molecule has 7 nitrogen and oxygen atoms in total. The number of halogens is 1. The second-order valence-corrected chi connectivity index (χ2v) is 8.86. The van der Waals surface area contributed by atoms with E-state index in [4.69, 9.17) is 13.9 Å². The molecule has 2 aliphatic rings. The topological polar surface area (TPSA) is 72.2 Å². The number of rotatable bonds is 5. The Bertz CT molecular complexity index is 1220. The van der Waals surface area contributed by atoms with E-state index in [1.165, 1.54) is 0 Å². The Morgan fingerprint density at radius 3 is 2.53 bits per heavy atom. The number of nitrogens with zero attached hydrogens (tertiary/aromatic N) is 2. The number of morpholine rings is 1. The normalized spacial score (nSPS) is 18.9. The number of fused-ring (bicyclic) bond motifs is 2.